The Morgan fingerprint density at radius 1 is 1.33 bits per heavy atom. The normalized spacial score (nSPS) is 19.2. The second-order valence-electron chi connectivity index (χ2n) is 4.90. The van der Waals surface area contributed by atoms with Crippen molar-refractivity contribution in [2.45, 2.75) is 26.7 Å². The maximum atomic E-state index is 11.7. The summed E-state index contributed by atoms with van der Waals surface area (Å²) < 4.78 is 31.1. The van der Waals surface area contributed by atoms with Crippen molar-refractivity contribution in [3.05, 3.63) is 0 Å². The van der Waals surface area contributed by atoms with Crippen LogP contribution in [-0.2, 0) is 14.8 Å². The average Bonchev–Trinajstić information content (AvgIpc) is 2.28. The molecular weight excluding hydrogens is 276 g/mol. The third kappa shape index (κ3) is 6.89. The molecular formula is C11H25ClN2O3S. The van der Waals surface area contributed by atoms with E-state index in [4.69, 9.17) is 4.74 Å². The minimum atomic E-state index is -3.19. The fourth-order valence-electron chi connectivity index (χ4n) is 1.88. The van der Waals surface area contributed by atoms with Crippen LogP contribution < -0.4 is 10.0 Å². The number of hydrogen-bond donors (Lipinski definition) is 2. The molecule has 0 radical (unpaired) electrons. The highest BCUT2D eigenvalue weighted by Gasteiger charge is 2.28. The van der Waals surface area contributed by atoms with Crippen LogP contribution in [-0.4, -0.2) is 47.0 Å². The van der Waals surface area contributed by atoms with Crippen molar-refractivity contribution in [2.24, 2.45) is 5.41 Å². The molecule has 0 aromatic heterocycles. The SMILES string of the molecule is CCOCCS(=O)(=O)NCC1(C)CCNCC1.Cl. The van der Waals surface area contributed by atoms with Crippen LogP contribution in [0.4, 0.5) is 0 Å². The number of rotatable bonds is 7. The van der Waals surface area contributed by atoms with E-state index >= 15 is 0 Å². The summed E-state index contributed by atoms with van der Waals surface area (Å²) >= 11 is 0. The highest BCUT2D eigenvalue weighted by molar-refractivity contribution is 7.89. The van der Waals surface area contributed by atoms with Crippen molar-refractivity contribution in [1.82, 2.24) is 10.0 Å². The molecule has 0 atom stereocenters. The topological polar surface area (TPSA) is 67.4 Å². The van der Waals surface area contributed by atoms with Gasteiger partial charge in [0.15, 0.2) is 0 Å². The standard InChI is InChI=1S/C11H24N2O3S.ClH/c1-3-16-8-9-17(14,15)13-10-11(2)4-6-12-7-5-11;/h12-13H,3-10H2,1-2H3;1H. The minimum absolute atomic E-state index is 0. The molecule has 5 nitrogen and oxygen atoms in total. The van der Waals surface area contributed by atoms with Gasteiger partial charge in [-0.25, -0.2) is 13.1 Å². The molecule has 1 aliphatic rings. The van der Waals surface area contributed by atoms with Gasteiger partial charge in [-0.2, -0.15) is 0 Å². The van der Waals surface area contributed by atoms with E-state index in [9.17, 15) is 8.42 Å². The van der Waals surface area contributed by atoms with Gasteiger partial charge in [-0.1, -0.05) is 6.92 Å². The zero-order valence-electron chi connectivity index (χ0n) is 11.2. The van der Waals surface area contributed by atoms with Crippen LogP contribution in [0.3, 0.4) is 0 Å². The molecule has 0 saturated carbocycles. The van der Waals surface area contributed by atoms with Gasteiger partial charge in [0, 0.05) is 13.2 Å². The zero-order chi connectivity index (χ0) is 12.8. The maximum absolute atomic E-state index is 11.7. The third-order valence-corrected chi connectivity index (χ3v) is 4.52. The molecule has 0 amide bonds. The van der Waals surface area contributed by atoms with Crippen molar-refractivity contribution < 1.29 is 13.2 Å². The van der Waals surface area contributed by atoms with Crippen LogP contribution in [0.5, 0.6) is 0 Å². The Balaban J connectivity index is 0.00000289. The second-order valence-corrected chi connectivity index (χ2v) is 6.82. The molecule has 1 saturated heterocycles. The van der Waals surface area contributed by atoms with Gasteiger partial charge in [0.2, 0.25) is 10.0 Å². The van der Waals surface area contributed by atoms with Crippen molar-refractivity contribution in [3.63, 3.8) is 0 Å². The molecule has 1 heterocycles. The molecule has 0 unspecified atom stereocenters. The Labute approximate surface area is 117 Å². The van der Waals surface area contributed by atoms with E-state index in [1.807, 2.05) is 6.92 Å². The summed E-state index contributed by atoms with van der Waals surface area (Å²) in [6.07, 6.45) is 2.03. The summed E-state index contributed by atoms with van der Waals surface area (Å²) in [4.78, 5) is 0. The van der Waals surface area contributed by atoms with Crippen LogP contribution in [0.15, 0.2) is 0 Å². The van der Waals surface area contributed by atoms with Gasteiger partial charge in [-0.15, -0.1) is 12.4 Å². The molecule has 7 heteroatoms. The summed E-state index contributed by atoms with van der Waals surface area (Å²) in [5, 5.41) is 3.28. The van der Waals surface area contributed by atoms with Gasteiger partial charge < -0.3 is 10.1 Å². The number of nitrogens with one attached hydrogen (secondary N) is 2. The average molecular weight is 301 g/mol. The van der Waals surface area contributed by atoms with E-state index in [2.05, 4.69) is 17.0 Å². The highest BCUT2D eigenvalue weighted by Crippen LogP contribution is 2.26. The molecule has 1 aliphatic heterocycles. The molecule has 110 valence electrons. The van der Waals surface area contributed by atoms with E-state index in [0.717, 1.165) is 25.9 Å². The fraction of sp³-hybridized carbons (Fsp3) is 1.00. The molecule has 1 fully saturated rings. The summed E-state index contributed by atoms with van der Waals surface area (Å²) in [7, 11) is -3.19. The first-order valence-electron chi connectivity index (χ1n) is 6.23. The first-order chi connectivity index (χ1) is 7.97. The maximum Gasteiger partial charge on any atom is 0.213 e. The Bertz CT molecular complexity index is 316. The predicted molar refractivity (Wildman–Crippen MR) is 75.7 cm³/mol. The lowest BCUT2D eigenvalue weighted by molar-refractivity contribution is 0.163. The number of piperidine rings is 1. The van der Waals surface area contributed by atoms with Gasteiger partial charge in [-0.05, 0) is 38.3 Å². The Morgan fingerprint density at radius 2 is 1.94 bits per heavy atom. The monoisotopic (exact) mass is 300 g/mol. The van der Waals surface area contributed by atoms with Crippen LogP contribution in [0.25, 0.3) is 0 Å². The summed E-state index contributed by atoms with van der Waals surface area (Å²) in [5.41, 5.74) is 0.0872. The smallest absolute Gasteiger partial charge is 0.213 e. The Hall–Kier alpha value is 0.120. The van der Waals surface area contributed by atoms with Crippen molar-refractivity contribution in [1.29, 1.82) is 0 Å². The van der Waals surface area contributed by atoms with Crippen LogP contribution in [0.2, 0.25) is 0 Å². The molecule has 0 spiro atoms. The van der Waals surface area contributed by atoms with Crippen LogP contribution in [0.1, 0.15) is 26.7 Å². The quantitative estimate of drug-likeness (QED) is 0.681. The molecule has 18 heavy (non-hydrogen) atoms. The minimum Gasteiger partial charge on any atom is -0.381 e. The summed E-state index contributed by atoms with van der Waals surface area (Å²) in [5.74, 6) is 0.0508. The van der Waals surface area contributed by atoms with Gasteiger partial charge in [-0.3, -0.25) is 0 Å². The van der Waals surface area contributed by atoms with E-state index in [1.54, 1.807) is 0 Å². The molecule has 2 N–H and O–H groups in total. The van der Waals surface area contributed by atoms with E-state index < -0.39 is 10.0 Å². The zero-order valence-corrected chi connectivity index (χ0v) is 12.8. The van der Waals surface area contributed by atoms with Gasteiger partial charge >= 0.3 is 0 Å². The van der Waals surface area contributed by atoms with Crippen LogP contribution >= 0.6 is 12.4 Å². The Morgan fingerprint density at radius 3 is 2.50 bits per heavy atom. The molecule has 0 aromatic rings. The molecule has 0 aromatic carbocycles. The third-order valence-electron chi connectivity index (χ3n) is 3.23. The summed E-state index contributed by atoms with van der Waals surface area (Å²) in [6, 6.07) is 0. The fourth-order valence-corrected chi connectivity index (χ4v) is 2.93. The molecule has 1 rings (SSSR count). The van der Waals surface area contributed by atoms with Crippen molar-refractivity contribution >= 4 is 22.4 Å². The second kappa shape index (κ2) is 8.32. The first kappa shape index (κ1) is 18.1. The lowest BCUT2D eigenvalue weighted by Crippen LogP contribution is -2.43. The van der Waals surface area contributed by atoms with Gasteiger partial charge in [0.25, 0.3) is 0 Å². The van der Waals surface area contributed by atoms with Crippen LogP contribution in [0, 0.1) is 5.41 Å². The highest BCUT2D eigenvalue weighted by atomic mass is 35.5. The van der Waals surface area contributed by atoms with Crippen molar-refractivity contribution in [2.75, 3.05) is 38.6 Å². The lowest BCUT2D eigenvalue weighted by atomic mass is 9.81. The molecule has 0 aliphatic carbocycles. The first-order valence-corrected chi connectivity index (χ1v) is 7.88. The van der Waals surface area contributed by atoms with E-state index in [0.29, 0.717) is 13.2 Å². The van der Waals surface area contributed by atoms with Crippen molar-refractivity contribution in [3.8, 4) is 0 Å². The van der Waals surface area contributed by atoms with E-state index in [-0.39, 0.29) is 30.2 Å². The number of sulfonamides is 1. The number of hydrogen-bond acceptors (Lipinski definition) is 4. The largest absolute Gasteiger partial charge is 0.381 e. The van der Waals surface area contributed by atoms with Gasteiger partial charge in [0.05, 0.1) is 12.4 Å². The van der Waals surface area contributed by atoms with E-state index in [1.165, 1.54) is 0 Å². The predicted octanol–water partition coefficient (Wildman–Crippen LogP) is 0.754. The number of ether oxygens (including phenoxy) is 1. The number of halogens is 1. The molecule has 0 bridgehead atoms. The Kier molecular flexibility index (Phi) is 8.38. The summed E-state index contributed by atoms with van der Waals surface area (Å²) in [6.45, 7) is 7.29. The lowest BCUT2D eigenvalue weighted by Gasteiger charge is -2.34. The van der Waals surface area contributed by atoms with Gasteiger partial charge in [0.1, 0.15) is 0 Å².